The molecule has 4 rings (SSSR count). The van der Waals surface area contributed by atoms with E-state index in [1.807, 2.05) is 0 Å². The minimum absolute atomic E-state index is 0.0796. The predicted octanol–water partition coefficient (Wildman–Crippen LogP) is 4.50. The van der Waals surface area contributed by atoms with Crippen LogP contribution in [-0.4, -0.2) is 11.6 Å². The van der Waals surface area contributed by atoms with Crippen molar-refractivity contribution in [2.45, 2.75) is 58.8 Å². The summed E-state index contributed by atoms with van der Waals surface area (Å²) in [5, 5.41) is 0. The molecule has 4 aliphatic carbocycles. The van der Waals surface area contributed by atoms with E-state index in [-0.39, 0.29) is 16.7 Å². The van der Waals surface area contributed by atoms with E-state index in [0.29, 0.717) is 42.7 Å². The van der Waals surface area contributed by atoms with Crippen molar-refractivity contribution in [3.63, 3.8) is 0 Å². The smallest absolute Gasteiger partial charge is 0.154 e. The zero-order valence-electron chi connectivity index (χ0n) is 14.6. The average Bonchev–Trinajstić information content (AvgIpc) is 2.84. The molecule has 5 atom stereocenters. The van der Waals surface area contributed by atoms with Crippen LogP contribution in [0.15, 0.2) is 23.4 Å². The van der Waals surface area contributed by atoms with Gasteiger partial charge in [-0.1, -0.05) is 31.1 Å². The summed E-state index contributed by atoms with van der Waals surface area (Å²) in [4.78, 5) is 28.6. The third-order valence-corrected chi connectivity index (χ3v) is 7.70. The Morgan fingerprint density at radius 1 is 1.25 bits per heavy atom. The van der Waals surface area contributed by atoms with Gasteiger partial charge in [0.1, 0.15) is 11.6 Å². The summed E-state index contributed by atoms with van der Waals surface area (Å²) in [6.45, 7) is 11.6. The highest BCUT2D eigenvalue weighted by atomic mass is 16.1. The fraction of sp³-hybridized carbons (Fsp3) is 0.667. The number of fused-ring (bicyclic) bond motifs is 5. The number of Topliss-reactive ketones (excluding diaryl/α,β-unsaturated/α-hetero) is 2. The summed E-state index contributed by atoms with van der Waals surface area (Å²) in [6, 6.07) is 0. The van der Waals surface area contributed by atoms with Gasteiger partial charge in [0.2, 0.25) is 0 Å². The van der Waals surface area contributed by atoms with E-state index >= 15 is 0 Å². The second-order valence-electron chi connectivity index (χ2n) is 8.73. The van der Waals surface area contributed by atoms with E-state index in [1.54, 1.807) is 6.20 Å². The van der Waals surface area contributed by atoms with E-state index < -0.39 is 0 Å². The van der Waals surface area contributed by atoms with Gasteiger partial charge >= 0.3 is 0 Å². The summed E-state index contributed by atoms with van der Waals surface area (Å²) in [5.74, 6) is 1.67. The molecule has 0 radical (unpaired) electrons. The first-order chi connectivity index (χ1) is 11.4. The summed E-state index contributed by atoms with van der Waals surface area (Å²) in [5.41, 5.74) is 2.19. The number of nitrogens with zero attached hydrogens (tertiary/aromatic N) is 1. The van der Waals surface area contributed by atoms with E-state index in [0.717, 1.165) is 25.7 Å². The molecule has 0 aromatic rings. The van der Waals surface area contributed by atoms with Gasteiger partial charge < -0.3 is 0 Å². The van der Waals surface area contributed by atoms with Crippen LogP contribution in [0.5, 0.6) is 0 Å². The van der Waals surface area contributed by atoms with Gasteiger partial charge in [-0.25, -0.2) is 4.85 Å². The maximum Gasteiger partial charge on any atom is 0.154 e. The summed E-state index contributed by atoms with van der Waals surface area (Å²) in [6.07, 6.45) is 9.55. The number of carbonyl (C=O) groups excluding carboxylic acids is 2. The van der Waals surface area contributed by atoms with Gasteiger partial charge in [0, 0.05) is 25.2 Å². The number of carbonyl (C=O) groups is 2. The van der Waals surface area contributed by atoms with Crippen LogP contribution in [0.2, 0.25) is 0 Å². The molecule has 0 aromatic carbocycles. The van der Waals surface area contributed by atoms with Gasteiger partial charge in [0.25, 0.3) is 0 Å². The molecule has 0 unspecified atom stereocenters. The standard InChI is InChI=1S/C21H25NO2/c1-20-9-8-15(23)10-13(20)4-6-16-17-7-5-14(12-22-3)21(17,2)11-18(24)19(16)20/h4,12,16-17,19H,5-11H2,1-2H3/b14-12-/t16-,17-,19+,20-,21+/m0/s1. The van der Waals surface area contributed by atoms with Crippen molar-refractivity contribution >= 4 is 11.6 Å². The van der Waals surface area contributed by atoms with Crippen LogP contribution in [0.3, 0.4) is 0 Å². The summed E-state index contributed by atoms with van der Waals surface area (Å²) < 4.78 is 0. The molecule has 3 saturated carbocycles. The quantitative estimate of drug-likeness (QED) is 0.486. The average molecular weight is 323 g/mol. The largest absolute Gasteiger partial charge is 0.299 e. The van der Waals surface area contributed by atoms with Crippen LogP contribution < -0.4 is 0 Å². The van der Waals surface area contributed by atoms with Crippen molar-refractivity contribution < 1.29 is 9.59 Å². The zero-order chi connectivity index (χ0) is 17.1. The molecule has 0 spiro atoms. The molecule has 0 bridgehead atoms. The van der Waals surface area contributed by atoms with Crippen LogP contribution in [-0.2, 0) is 9.59 Å². The monoisotopic (exact) mass is 323 g/mol. The molecule has 3 heteroatoms. The van der Waals surface area contributed by atoms with Gasteiger partial charge in [-0.2, -0.15) is 0 Å². The molecule has 0 saturated heterocycles. The molecule has 3 fully saturated rings. The van der Waals surface area contributed by atoms with Gasteiger partial charge in [0.05, 0.1) is 6.57 Å². The first kappa shape index (κ1) is 15.8. The van der Waals surface area contributed by atoms with Gasteiger partial charge in [-0.3, -0.25) is 9.59 Å². The Hall–Kier alpha value is -1.69. The Balaban J connectivity index is 1.76. The lowest BCUT2D eigenvalue weighted by Gasteiger charge is -2.55. The van der Waals surface area contributed by atoms with Crippen LogP contribution in [0.4, 0.5) is 0 Å². The fourth-order valence-corrected chi connectivity index (χ4v) is 6.45. The number of hydrogen-bond donors (Lipinski definition) is 0. The maximum atomic E-state index is 13.3. The number of hydrogen-bond acceptors (Lipinski definition) is 2. The first-order valence-electron chi connectivity index (χ1n) is 9.20. The van der Waals surface area contributed by atoms with Crippen LogP contribution in [0, 0.1) is 35.2 Å². The second kappa shape index (κ2) is 5.15. The molecular formula is C21H25NO2. The lowest BCUT2D eigenvalue weighted by Crippen LogP contribution is -2.53. The van der Waals surface area contributed by atoms with Gasteiger partial charge in [-0.05, 0) is 48.3 Å². The SMILES string of the molecule is [C-]#[N+]/C=C1/CC[C@H]2[C@@H]3CC=C4CC(=O)CC[C@]4(C)[C@H]3C(=O)C[C@]12C. The highest BCUT2D eigenvalue weighted by Gasteiger charge is 2.60. The molecule has 3 nitrogen and oxygen atoms in total. The van der Waals surface area contributed by atoms with E-state index in [9.17, 15) is 9.59 Å². The topological polar surface area (TPSA) is 38.5 Å². The van der Waals surface area contributed by atoms with Crippen molar-refractivity contribution in [2.75, 3.05) is 0 Å². The van der Waals surface area contributed by atoms with Crippen molar-refractivity contribution in [1.82, 2.24) is 0 Å². The molecular weight excluding hydrogens is 298 g/mol. The van der Waals surface area contributed by atoms with E-state index in [4.69, 9.17) is 6.57 Å². The summed E-state index contributed by atoms with van der Waals surface area (Å²) in [7, 11) is 0. The van der Waals surface area contributed by atoms with E-state index in [1.165, 1.54) is 11.1 Å². The molecule has 0 amide bonds. The Kier molecular flexibility index (Phi) is 3.39. The van der Waals surface area contributed by atoms with Crippen LogP contribution in [0.1, 0.15) is 58.8 Å². The maximum absolute atomic E-state index is 13.3. The zero-order valence-corrected chi connectivity index (χ0v) is 14.6. The highest BCUT2D eigenvalue weighted by Crippen LogP contribution is 2.64. The lowest BCUT2D eigenvalue weighted by atomic mass is 9.47. The predicted molar refractivity (Wildman–Crippen MR) is 91.8 cm³/mol. The molecule has 0 aliphatic heterocycles. The van der Waals surface area contributed by atoms with Crippen LogP contribution in [0.25, 0.3) is 4.85 Å². The Morgan fingerprint density at radius 2 is 2.04 bits per heavy atom. The molecule has 4 aliphatic rings. The number of ketones is 2. The molecule has 0 aromatic heterocycles. The normalized spacial score (nSPS) is 46.0. The molecule has 24 heavy (non-hydrogen) atoms. The fourth-order valence-electron chi connectivity index (χ4n) is 6.45. The third-order valence-electron chi connectivity index (χ3n) is 7.70. The van der Waals surface area contributed by atoms with E-state index in [2.05, 4.69) is 24.8 Å². The van der Waals surface area contributed by atoms with Crippen molar-refractivity contribution in [3.8, 4) is 0 Å². The summed E-state index contributed by atoms with van der Waals surface area (Å²) >= 11 is 0. The Morgan fingerprint density at radius 3 is 2.79 bits per heavy atom. The first-order valence-corrected chi connectivity index (χ1v) is 9.20. The lowest BCUT2D eigenvalue weighted by molar-refractivity contribution is -0.142. The van der Waals surface area contributed by atoms with Crippen molar-refractivity contribution in [1.29, 1.82) is 0 Å². The number of rotatable bonds is 0. The highest BCUT2D eigenvalue weighted by molar-refractivity contribution is 5.88. The van der Waals surface area contributed by atoms with Crippen molar-refractivity contribution in [3.05, 3.63) is 34.8 Å². The molecule has 0 heterocycles. The second-order valence-corrected chi connectivity index (χ2v) is 8.73. The van der Waals surface area contributed by atoms with Gasteiger partial charge in [-0.15, -0.1) is 0 Å². The van der Waals surface area contributed by atoms with Gasteiger partial charge in [0.15, 0.2) is 6.20 Å². The van der Waals surface area contributed by atoms with Crippen molar-refractivity contribution in [2.24, 2.45) is 28.6 Å². The number of allylic oxidation sites excluding steroid dienone is 3. The Bertz CT molecular complexity index is 725. The Labute approximate surface area is 144 Å². The third kappa shape index (κ3) is 1.95. The molecule has 126 valence electrons. The van der Waals surface area contributed by atoms with Crippen LogP contribution >= 0.6 is 0 Å². The minimum Gasteiger partial charge on any atom is -0.299 e. The minimum atomic E-state index is -0.116. The molecule has 0 N–H and O–H groups in total.